The van der Waals surface area contributed by atoms with Crippen LogP contribution in [0.2, 0.25) is 5.02 Å². The highest BCUT2D eigenvalue weighted by molar-refractivity contribution is 14.0. The second kappa shape index (κ2) is 13.9. The van der Waals surface area contributed by atoms with Crippen molar-refractivity contribution in [2.45, 2.75) is 40.2 Å². The van der Waals surface area contributed by atoms with Gasteiger partial charge in [-0.2, -0.15) is 0 Å². The lowest BCUT2D eigenvalue weighted by molar-refractivity contribution is 0.311. The normalized spacial score (nSPS) is 11.0. The Labute approximate surface area is 199 Å². The number of nitrogens with zero attached hydrogens (tertiary/aromatic N) is 2. The smallest absolute Gasteiger partial charge is 0.191 e. The van der Waals surface area contributed by atoms with Crippen molar-refractivity contribution < 1.29 is 9.47 Å². The number of guanidine groups is 1. The number of nitrogens with one attached hydrogen (secondary N) is 2. The molecule has 0 bridgehead atoms. The third kappa shape index (κ3) is 8.18. The summed E-state index contributed by atoms with van der Waals surface area (Å²) in [5, 5.41) is 8.29. The Hall–Kier alpha value is -1.26. The number of aromatic nitrogens is 1. The molecule has 0 fully saturated rings. The Balaban J connectivity index is 0.00000420. The average molecular weight is 553 g/mol. The molecule has 0 unspecified atom stereocenters. The molecule has 0 atom stereocenters. The van der Waals surface area contributed by atoms with Gasteiger partial charge in [0.15, 0.2) is 17.5 Å². The van der Waals surface area contributed by atoms with Gasteiger partial charge in [0, 0.05) is 30.6 Å². The Bertz CT molecular complexity index is 786. The first-order valence-corrected chi connectivity index (χ1v) is 10.8. The van der Waals surface area contributed by atoms with E-state index in [2.05, 4.69) is 27.5 Å². The topological polar surface area (TPSA) is 67.8 Å². The zero-order chi connectivity index (χ0) is 20.4. The van der Waals surface area contributed by atoms with Crippen molar-refractivity contribution in [3.05, 3.63) is 38.8 Å². The Morgan fingerprint density at radius 3 is 2.66 bits per heavy atom. The fourth-order valence-corrected chi connectivity index (χ4v) is 3.73. The quantitative estimate of drug-likeness (QED) is 0.254. The van der Waals surface area contributed by atoms with E-state index in [1.807, 2.05) is 32.2 Å². The number of ether oxygens (including phenoxy) is 2. The molecule has 0 amide bonds. The van der Waals surface area contributed by atoms with Gasteiger partial charge in [0.25, 0.3) is 0 Å². The maximum Gasteiger partial charge on any atom is 0.191 e. The van der Waals surface area contributed by atoms with E-state index < -0.39 is 0 Å². The van der Waals surface area contributed by atoms with Crippen LogP contribution >= 0.6 is 46.9 Å². The lowest BCUT2D eigenvalue weighted by Crippen LogP contribution is -2.38. The van der Waals surface area contributed by atoms with Crippen molar-refractivity contribution in [2.75, 3.05) is 26.8 Å². The fourth-order valence-electron chi connectivity index (χ4n) is 2.58. The van der Waals surface area contributed by atoms with E-state index in [1.165, 1.54) is 4.88 Å². The highest BCUT2D eigenvalue weighted by Gasteiger charge is 2.11. The maximum atomic E-state index is 6.34. The highest BCUT2D eigenvalue weighted by Crippen LogP contribution is 2.36. The van der Waals surface area contributed by atoms with Crippen LogP contribution in [-0.4, -0.2) is 37.7 Å². The third-order valence-electron chi connectivity index (χ3n) is 3.92. The predicted octanol–water partition coefficient (Wildman–Crippen LogP) is 4.68. The van der Waals surface area contributed by atoms with Crippen LogP contribution in [0.3, 0.4) is 0 Å². The van der Waals surface area contributed by atoms with Crippen LogP contribution in [-0.2, 0) is 19.4 Å². The molecule has 162 valence electrons. The summed E-state index contributed by atoms with van der Waals surface area (Å²) in [4.78, 5) is 10.4. The van der Waals surface area contributed by atoms with Gasteiger partial charge >= 0.3 is 0 Å². The van der Waals surface area contributed by atoms with Crippen LogP contribution < -0.4 is 20.1 Å². The summed E-state index contributed by atoms with van der Waals surface area (Å²) in [6.45, 7) is 8.68. The number of hydrogen-bond donors (Lipinski definition) is 2. The first-order valence-electron chi connectivity index (χ1n) is 9.56. The van der Waals surface area contributed by atoms with Crippen LogP contribution in [0.5, 0.6) is 11.5 Å². The van der Waals surface area contributed by atoms with E-state index in [9.17, 15) is 0 Å². The molecule has 0 saturated heterocycles. The van der Waals surface area contributed by atoms with Gasteiger partial charge in [0.1, 0.15) is 0 Å². The summed E-state index contributed by atoms with van der Waals surface area (Å²) in [6.07, 6.45) is 3.86. The summed E-state index contributed by atoms with van der Waals surface area (Å²) in [5.74, 6) is 1.95. The predicted molar refractivity (Wildman–Crippen MR) is 133 cm³/mol. The minimum atomic E-state index is 0. The summed E-state index contributed by atoms with van der Waals surface area (Å²) in [6, 6.07) is 3.77. The van der Waals surface area contributed by atoms with Gasteiger partial charge in [0.2, 0.25) is 0 Å². The Morgan fingerprint density at radius 1 is 1.24 bits per heavy atom. The molecule has 0 aliphatic carbocycles. The van der Waals surface area contributed by atoms with Crippen molar-refractivity contribution in [1.82, 2.24) is 15.6 Å². The summed E-state index contributed by atoms with van der Waals surface area (Å²) in [5.41, 5.74) is 0.954. The van der Waals surface area contributed by atoms with Crippen LogP contribution in [0.25, 0.3) is 0 Å². The van der Waals surface area contributed by atoms with Crippen molar-refractivity contribution in [2.24, 2.45) is 4.99 Å². The van der Waals surface area contributed by atoms with Gasteiger partial charge in [-0.1, -0.05) is 18.5 Å². The number of halogens is 2. The molecule has 2 aromatic rings. The van der Waals surface area contributed by atoms with Crippen LogP contribution in [0.1, 0.15) is 36.2 Å². The minimum absolute atomic E-state index is 0. The minimum Gasteiger partial charge on any atom is -0.493 e. The van der Waals surface area contributed by atoms with E-state index >= 15 is 0 Å². The number of hydrogen-bond acceptors (Lipinski definition) is 5. The lowest BCUT2D eigenvalue weighted by atomic mass is 10.2. The molecule has 0 aliphatic heterocycles. The standard InChI is InChI=1S/C20H29ClN4O2S.HI/c1-5-15-13-24-18(28-15)8-9-23-20(22-6-2)25-12-14-10-16(21)19(27-7-3)17(11-14)26-4;/h10-11,13H,5-9,12H2,1-4H3,(H2,22,23,25);1H. The lowest BCUT2D eigenvalue weighted by Gasteiger charge is -2.13. The van der Waals surface area contributed by atoms with E-state index in [0.717, 1.165) is 42.5 Å². The third-order valence-corrected chi connectivity index (χ3v) is 5.41. The van der Waals surface area contributed by atoms with E-state index in [1.54, 1.807) is 18.4 Å². The van der Waals surface area contributed by atoms with Crippen molar-refractivity contribution >= 4 is 52.9 Å². The Kier molecular flexibility index (Phi) is 12.3. The maximum absolute atomic E-state index is 6.34. The van der Waals surface area contributed by atoms with Crippen LogP contribution in [0, 0.1) is 0 Å². The van der Waals surface area contributed by atoms with E-state index in [4.69, 9.17) is 21.1 Å². The molecule has 2 rings (SSSR count). The molecule has 9 heteroatoms. The molecule has 1 aromatic carbocycles. The zero-order valence-corrected chi connectivity index (χ0v) is 21.3. The van der Waals surface area contributed by atoms with Crippen molar-refractivity contribution in [3.63, 3.8) is 0 Å². The van der Waals surface area contributed by atoms with Crippen LogP contribution in [0.4, 0.5) is 0 Å². The fraction of sp³-hybridized carbons (Fsp3) is 0.500. The largest absolute Gasteiger partial charge is 0.493 e. The molecular formula is C20H30ClIN4O2S. The van der Waals surface area contributed by atoms with Gasteiger partial charge in [-0.15, -0.1) is 35.3 Å². The first kappa shape index (κ1) is 25.8. The molecule has 0 radical (unpaired) electrons. The molecule has 0 aliphatic rings. The molecule has 0 saturated carbocycles. The molecule has 2 N–H and O–H groups in total. The van der Waals surface area contributed by atoms with Gasteiger partial charge in [-0.05, 0) is 38.0 Å². The number of methoxy groups -OCH3 is 1. The zero-order valence-electron chi connectivity index (χ0n) is 17.4. The summed E-state index contributed by atoms with van der Waals surface area (Å²) in [7, 11) is 1.61. The average Bonchev–Trinajstić information content (AvgIpc) is 3.16. The summed E-state index contributed by atoms with van der Waals surface area (Å²) < 4.78 is 11.0. The number of benzene rings is 1. The second-order valence-corrected chi connectivity index (χ2v) is 7.59. The highest BCUT2D eigenvalue weighted by atomic mass is 127. The van der Waals surface area contributed by atoms with Gasteiger partial charge in [-0.3, -0.25) is 0 Å². The monoisotopic (exact) mass is 552 g/mol. The van der Waals surface area contributed by atoms with E-state index in [0.29, 0.717) is 29.7 Å². The molecule has 1 heterocycles. The molecular weight excluding hydrogens is 523 g/mol. The first-order chi connectivity index (χ1) is 13.6. The van der Waals surface area contributed by atoms with Gasteiger partial charge in [-0.25, -0.2) is 9.98 Å². The van der Waals surface area contributed by atoms with Crippen molar-refractivity contribution in [3.8, 4) is 11.5 Å². The molecule has 6 nitrogen and oxygen atoms in total. The number of thiazole rings is 1. The van der Waals surface area contributed by atoms with Gasteiger partial charge in [0.05, 0.1) is 30.3 Å². The molecule has 29 heavy (non-hydrogen) atoms. The Morgan fingerprint density at radius 2 is 2.03 bits per heavy atom. The van der Waals surface area contributed by atoms with Gasteiger partial charge < -0.3 is 20.1 Å². The van der Waals surface area contributed by atoms with E-state index in [-0.39, 0.29) is 24.0 Å². The summed E-state index contributed by atoms with van der Waals surface area (Å²) >= 11 is 8.11. The van der Waals surface area contributed by atoms with Crippen LogP contribution in [0.15, 0.2) is 23.3 Å². The second-order valence-electron chi connectivity index (χ2n) is 5.99. The number of aryl methyl sites for hydroxylation is 1. The molecule has 0 spiro atoms. The number of rotatable bonds is 10. The number of aliphatic imine (C=N–C) groups is 1. The SMILES string of the molecule is CCNC(=NCc1cc(Cl)c(OCC)c(OC)c1)NCCc1ncc(CC)s1.I. The molecule has 1 aromatic heterocycles. The van der Waals surface area contributed by atoms with Crippen molar-refractivity contribution in [1.29, 1.82) is 0 Å².